The number of benzene rings is 1. The van der Waals surface area contributed by atoms with E-state index in [0.29, 0.717) is 26.2 Å². The summed E-state index contributed by atoms with van der Waals surface area (Å²) in [6.07, 6.45) is -3.47. The molecular weight excluding hydrogens is 295 g/mol. The Morgan fingerprint density at radius 1 is 1.32 bits per heavy atom. The second kappa shape index (κ2) is 7.60. The van der Waals surface area contributed by atoms with E-state index in [1.807, 2.05) is 0 Å². The summed E-state index contributed by atoms with van der Waals surface area (Å²) in [7, 11) is 1.64. The molecule has 1 atom stereocenters. The lowest BCUT2D eigenvalue weighted by Gasteiger charge is -2.26. The van der Waals surface area contributed by atoms with Crippen LogP contribution in [0.5, 0.6) is 0 Å². The highest BCUT2D eigenvalue weighted by Gasteiger charge is 2.30. The highest BCUT2D eigenvalue weighted by atomic mass is 19.4. The van der Waals surface area contributed by atoms with Gasteiger partial charge in [-0.15, -0.1) is 0 Å². The van der Waals surface area contributed by atoms with Crippen molar-refractivity contribution in [3.63, 3.8) is 0 Å². The molecule has 1 unspecified atom stereocenters. The molecule has 1 aromatic carbocycles. The molecule has 2 rings (SSSR count). The number of rotatable bonds is 5. The molecule has 1 heterocycles. The molecule has 1 aliphatic rings. The number of halogens is 3. The average molecular weight is 315 g/mol. The van der Waals surface area contributed by atoms with Crippen molar-refractivity contribution in [2.24, 2.45) is 4.99 Å². The maximum absolute atomic E-state index is 12.6. The first-order chi connectivity index (χ1) is 10.5. The van der Waals surface area contributed by atoms with E-state index >= 15 is 0 Å². The third-order valence-corrected chi connectivity index (χ3v) is 3.42. The van der Waals surface area contributed by atoms with Gasteiger partial charge in [-0.1, -0.05) is 12.1 Å². The second-order valence-electron chi connectivity index (χ2n) is 5.05. The van der Waals surface area contributed by atoms with Crippen molar-refractivity contribution in [3.05, 3.63) is 35.4 Å². The summed E-state index contributed by atoms with van der Waals surface area (Å²) in [5.41, 5.74) is 0.129. The topological polar surface area (TPSA) is 45.6 Å². The first-order valence-corrected chi connectivity index (χ1v) is 7.20. The zero-order valence-corrected chi connectivity index (χ0v) is 12.4. The minimum Gasteiger partial charge on any atom is -0.385 e. The van der Waals surface area contributed by atoms with Crippen molar-refractivity contribution < 1.29 is 17.9 Å². The van der Waals surface area contributed by atoms with Gasteiger partial charge in [0.05, 0.1) is 18.2 Å². The van der Waals surface area contributed by atoms with E-state index in [-0.39, 0.29) is 6.04 Å². The number of nitrogens with zero attached hydrogens (tertiary/aromatic N) is 1. The number of methoxy groups -OCH3 is 1. The predicted octanol–water partition coefficient (Wildman–Crippen LogP) is 2.37. The summed E-state index contributed by atoms with van der Waals surface area (Å²) in [4.78, 5) is 4.44. The molecule has 0 spiro atoms. The van der Waals surface area contributed by atoms with Crippen molar-refractivity contribution in [2.75, 3.05) is 33.4 Å². The van der Waals surface area contributed by atoms with Crippen LogP contribution in [0.1, 0.15) is 23.6 Å². The molecule has 1 aliphatic heterocycles. The number of ether oxygens (including phenoxy) is 1. The lowest BCUT2D eigenvalue weighted by Crippen LogP contribution is -2.43. The molecule has 0 bridgehead atoms. The van der Waals surface area contributed by atoms with E-state index in [0.717, 1.165) is 30.0 Å². The van der Waals surface area contributed by atoms with Gasteiger partial charge in [-0.05, 0) is 24.1 Å². The Kier molecular flexibility index (Phi) is 5.79. The van der Waals surface area contributed by atoms with E-state index in [1.165, 1.54) is 12.1 Å². The van der Waals surface area contributed by atoms with Crippen LogP contribution in [0.2, 0.25) is 0 Å². The zero-order chi connectivity index (χ0) is 16.0. The minimum atomic E-state index is -4.31. The molecule has 7 heteroatoms. The molecule has 22 heavy (non-hydrogen) atoms. The van der Waals surface area contributed by atoms with Crippen molar-refractivity contribution in [1.29, 1.82) is 0 Å². The number of aliphatic imine (C=N–C) groups is 1. The standard InChI is InChI=1S/C15H20F3N3O/c1-22-10-2-7-20-14-13(19-8-9-21-14)11-3-5-12(6-4-11)15(16,17)18/h3-6,13,19H,2,7-10H2,1H3,(H,20,21). The average Bonchev–Trinajstić information content (AvgIpc) is 2.51. The van der Waals surface area contributed by atoms with E-state index < -0.39 is 11.7 Å². The third-order valence-electron chi connectivity index (χ3n) is 3.42. The SMILES string of the molecule is COCCCNC1=NCCNC1c1ccc(C(F)(F)F)cc1. The first-order valence-electron chi connectivity index (χ1n) is 7.20. The fourth-order valence-corrected chi connectivity index (χ4v) is 2.30. The van der Waals surface area contributed by atoms with Crippen molar-refractivity contribution in [1.82, 2.24) is 10.6 Å². The van der Waals surface area contributed by atoms with Crippen LogP contribution in [0.4, 0.5) is 13.2 Å². The van der Waals surface area contributed by atoms with E-state index in [4.69, 9.17) is 4.74 Å². The number of hydrogen-bond acceptors (Lipinski definition) is 4. The summed E-state index contributed by atoms with van der Waals surface area (Å²) < 4.78 is 42.8. The van der Waals surface area contributed by atoms with Crippen LogP contribution in [-0.4, -0.2) is 39.2 Å². The van der Waals surface area contributed by atoms with Gasteiger partial charge in [0.15, 0.2) is 0 Å². The Hall–Kier alpha value is -1.60. The Morgan fingerprint density at radius 3 is 2.68 bits per heavy atom. The first kappa shape index (κ1) is 16.8. The smallest absolute Gasteiger partial charge is 0.385 e. The van der Waals surface area contributed by atoms with Gasteiger partial charge in [-0.25, -0.2) is 0 Å². The van der Waals surface area contributed by atoms with Crippen LogP contribution in [0.15, 0.2) is 29.3 Å². The summed E-state index contributed by atoms with van der Waals surface area (Å²) in [5.74, 6) is 0.766. The summed E-state index contributed by atoms with van der Waals surface area (Å²) in [6.45, 7) is 2.73. The molecule has 0 aliphatic carbocycles. The Bertz CT molecular complexity index is 500. The summed E-state index contributed by atoms with van der Waals surface area (Å²) in [6, 6.07) is 5.01. The lowest BCUT2D eigenvalue weighted by atomic mass is 10.0. The Balaban J connectivity index is 2.05. The number of nitrogens with one attached hydrogen (secondary N) is 2. The van der Waals surface area contributed by atoms with E-state index in [2.05, 4.69) is 15.6 Å². The molecule has 122 valence electrons. The molecule has 1 aromatic rings. The van der Waals surface area contributed by atoms with Crippen LogP contribution in [0.3, 0.4) is 0 Å². The Morgan fingerprint density at radius 2 is 2.05 bits per heavy atom. The van der Waals surface area contributed by atoms with Gasteiger partial charge in [0.25, 0.3) is 0 Å². The fraction of sp³-hybridized carbons (Fsp3) is 0.533. The largest absolute Gasteiger partial charge is 0.416 e. The van der Waals surface area contributed by atoms with Crippen molar-refractivity contribution >= 4 is 5.84 Å². The van der Waals surface area contributed by atoms with Crippen molar-refractivity contribution in [3.8, 4) is 0 Å². The van der Waals surface area contributed by atoms with Gasteiger partial charge in [0.1, 0.15) is 5.84 Å². The van der Waals surface area contributed by atoms with E-state index in [1.54, 1.807) is 7.11 Å². The molecule has 4 nitrogen and oxygen atoms in total. The fourth-order valence-electron chi connectivity index (χ4n) is 2.30. The van der Waals surface area contributed by atoms with Crippen LogP contribution in [0, 0.1) is 0 Å². The molecular formula is C15H20F3N3O. The monoisotopic (exact) mass is 315 g/mol. The number of amidine groups is 1. The van der Waals surface area contributed by atoms with Gasteiger partial charge in [0, 0.05) is 26.8 Å². The van der Waals surface area contributed by atoms with Gasteiger partial charge in [-0.2, -0.15) is 13.2 Å². The molecule has 0 amide bonds. The van der Waals surface area contributed by atoms with Gasteiger partial charge >= 0.3 is 6.18 Å². The molecule has 2 N–H and O–H groups in total. The van der Waals surface area contributed by atoms with Gasteiger partial charge in [-0.3, -0.25) is 4.99 Å². The van der Waals surface area contributed by atoms with Crippen LogP contribution in [0.25, 0.3) is 0 Å². The molecule has 0 aromatic heterocycles. The summed E-state index contributed by atoms with van der Waals surface area (Å²) in [5, 5.41) is 6.51. The quantitative estimate of drug-likeness (QED) is 0.820. The van der Waals surface area contributed by atoms with Crippen LogP contribution >= 0.6 is 0 Å². The minimum absolute atomic E-state index is 0.196. The summed E-state index contributed by atoms with van der Waals surface area (Å²) >= 11 is 0. The molecule has 0 saturated heterocycles. The zero-order valence-electron chi connectivity index (χ0n) is 12.4. The number of hydrogen-bond donors (Lipinski definition) is 2. The van der Waals surface area contributed by atoms with Crippen molar-refractivity contribution in [2.45, 2.75) is 18.6 Å². The van der Waals surface area contributed by atoms with Gasteiger partial charge in [0.2, 0.25) is 0 Å². The van der Waals surface area contributed by atoms with Gasteiger partial charge < -0.3 is 15.4 Å². The van der Waals surface area contributed by atoms with Crippen LogP contribution in [-0.2, 0) is 10.9 Å². The van der Waals surface area contributed by atoms with Crippen LogP contribution < -0.4 is 10.6 Å². The highest BCUT2D eigenvalue weighted by molar-refractivity contribution is 5.89. The molecule has 0 radical (unpaired) electrons. The number of alkyl halides is 3. The van der Waals surface area contributed by atoms with E-state index in [9.17, 15) is 13.2 Å². The molecule has 0 saturated carbocycles. The maximum Gasteiger partial charge on any atom is 0.416 e. The Labute approximate surface area is 127 Å². The third kappa shape index (κ3) is 4.45. The molecule has 0 fully saturated rings. The lowest BCUT2D eigenvalue weighted by molar-refractivity contribution is -0.137. The second-order valence-corrected chi connectivity index (χ2v) is 5.05. The normalized spacial score (nSPS) is 18.9. The maximum atomic E-state index is 12.6. The highest BCUT2D eigenvalue weighted by Crippen LogP contribution is 2.30. The predicted molar refractivity (Wildman–Crippen MR) is 79.0 cm³/mol.